The van der Waals surface area contributed by atoms with Crippen LogP contribution in [-0.4, -0.2) is 11.8 Å². The summed E-state index contributed by atoms with van der Waals surface area (Å²) in [7, 11) is 0. The fourth-order valence-electron chi connectivity index (χ4n) is 2.20. The van der Waals surface area contributed by atoms with E-state index in [0.717, 1.165) is 11.1 Å². The van der Waals surface area contributed by atoms with Crippen LogP contribution in [0.3, 0.4) is 0 Å². The first kappa shape index (κ1) is 12.4. The van der Waals surface area contributed by atoms with Crippen LogP contribution >= 0.6 is 0 Å². The molecule has 1 aliphatic heterocycles. The van der Waals surface area contributed by atoms with Crippen molar-refractivity contribution >= 4 is 17.5 Å². The van der Waals surface area contributed by atoms with Crippen molar-refractivity contribution < 1.29 is 9.59 Å². The van der Waals surface area contributed by atoms with Crippen molar-refractivity contribution in [1.82, 2.24) is 0 Å². The van der Waals surface area contributed by atoms with Gasteiger partial charge in [0.05, 0.1) is 5.69 Å². The number of nitrogens with zero attached hydrogens (tertiary/aromatic N) is 1. The van der Waals surface area contributed by atoms with Gasteiger partial charge in [-0.05, 0) is 30.2 Å². The zero-order chi connectivity index (χ0) is 14.1. The van der Waals surface area contributed by atoms with Crippen LogP contribution in [0, 0.1) is 6.92 Å². The number of amides is 2. The van der Waals surface area contributed by atoms with Gasteiger partial charge < -0.3 is 0 Å². The van der Waals surface area contributed by atoms with Crippen molar-refractivity contribution in [2.45, 2.75) is 6.92 Å². The number of hydrogen-bond acceptors (Lipinski definition) is 2. The summed E-state index contributed by atoms with van der Waals surface area (Å²) in [5.74, 6) is -0.587. The van der Waals surface area contributed by atoms with Gasteiger partial charge in [-0.1, -0.05) is 42.0 Å². The summed E-state index contributed by atoms with van der Waals surface area (Å²) in [6.45, 7) is 2.05. The number of imide groups is 1. The molecule has 2 aromatic rings. The molecule has 20 heavy (non-hydrogen) atoms. The molecule has 0 aromatic heterocycles. The molecule has 0 atom stereocenters. The molecule has 3 heteroatoms. The maximum Gasteiger partial charge on any atom is 0.258 e. The first-order chi connectivity index (χ1) is 9.65. The lowest BCUT2D eigenvalue weighted by molar-refractivity contribution is -0.119. The highest BCUT2D eigenvalue weighted by molar-refractivity contribution is 6.28. The lowest BCUT2D eigenvalue weighted by Crippen LogP contribution is -2.29. The second kappa shape index (κ2) is 4.78. The van der Waals surface area contributed by atoms with E-state index in [-0.39, 0.29) is 11.8 Å². The van der Waals surface area contributed by atoms with Crippen LogP contribution in [0.15, 0.2) is 60.7 Å². The van der Waals surface area contributed by atoms with E-state index in [4.69, 9.17) is 0 Å². The fourth-order valence-corrected chi connectivity index (χ4v) is 2.20. The Kier molecular flexibility index (Phi) is 2.95. The van der Waals surface area contributed by atoms with Gasteiger partial charge in [0.1, 0.15) is 0 Å². The van der Waals surface area contributed by atoms with Crippen LogP contribution in [0.1, 0.15) is 5.56 Å². The third-order valence-corrected chi connectivity index (χ3v) is 3.32. The van der Waals surface area contributed by atoms with Crippen LogP contribution in [0.4, 0.5) is 5.69 Å². The summed E-state index contributed by atoms with van der Waals surface area (Å²) in [6, 6.07) is 15.6. The maximum atomic E-state index is 11.6. The zero-order valence-corrected chi connectivity index (χ0v) is 11.0. The number of benzene rings is 2. The Morgan fingerprint density at radius 1 is 0.700 bits per heavy atom. The van der Waals surface area contributed by atoms with Crippen molar-refractivity contribution in [3.05, 3.63) is 66.2 Å². The summed E-state index contributed by atoms with van der Waals surface area (Å²) in [6.07, 6.45) is 2.58. The van der Waals surface area contributed by atoms with Gasteiger partial charge in [-0.15, -0.1) is 0 Å². The van der Waals surface area contributed by atoms with Gasteiger partial charge in [0.25, 0.3) is 11.8 Å². The van der Waals surface area contributed by atoms with Gasteiger partial charge in [-0.25, -0.2) is 4.90 Å². The molecule has 98 valence electrons. The van der Waals surface area contributed by atoms with Crippen molar-refractivity contribution in [3.8, 4) is 11.1 Å². The van der Waals surface area contributed by atoms with E-state index in [1.54, 1.807) is 12.1 Å². The predicted molar refractivity (Wildman–Crippen MR) is 78.2 cm³/mol. The van der Waals surface area contributed by atoms with E-state index in [9.17, 15) is 9.59 Å². The molecule has 3 nitrogen and oxygen atoms in total. The van der Waals surface area contributed by atoms with E-state index in [1.165, 1.54) is 22.6 Å². The topological polar surface area (TPSA) is 37.4 Å². The molecule has 0 N–H and O–H groups in total. The summed E-state index contributed by atoms with van der Waals surface area (Å²) < 4.78 is 0. The third-order valence-electron chi connectivity index (χ3n) is 3.32. The van der Waals surface area contributed by atoms with Crippen molar-refractivity contribution in [2.24, 2.45) is 0 Å². The van der Waals surface area contributed by atoms with Crippen LogP contribution in [0.25, 0.3) is 11.1 Å². The summed E-state index contributed by atoms with van der Waals surface area (Å²) in [5, 5.41) is 0. The molecule has 0 radical (unpaired) electrons. The highest BCUT2D eigenvalue weighted by Crippen LogP contribution is 2.25. The van der Waals surface area contributed by atoms with Crippen molar-refractivity contribution in [3.63, 3.8) is 0 Å². The van der Waals surface area contributed by atoms with Gasteiger partial charge in [0, 0.05) is 12.2 Å². The minimum absolute atomic E-state index is 0.293. The Bertz CT molecular complexity index is 679. The van der Waals surface area contributed by atoms with Crippen LogP contribution in [0.5, 0.6) is 0 Å². The van der Waals surface area contributed by atoms with Crippen LogP contribution in [-0.2, 0) is 9.59 Å². The molecule has 0 bridgehead atoms. The molecule has 2 amide bonds. The monoisotopic (exact) mass is 263 g/mol. The number of carbonyl (C=O) groups is 2. The minimum Gasteiger partial charge on any atom is -0.269 e. The van der Waals surface area contributed by atoms with E-state index in [0.29, 0.717) is 5.69 Å². The molecule has 0 saturated carbocycles. The van der Waals surface area contributed by atoms with E-state index >= 15 is 0 Å². The second-order valence-corrected chi connectivity index (χ2v) is 4.76. The molecule has 1 heterocycles. The molecule has 2 aromatic carbocycles. The average molecular weight is 263 g/mol. The average Bonchev–Trinajstić information content (AvgIpc) is 2.79. The smallest absolute Gasteiger partial charge is 0.258 e. The Morgan fingerprint density at radius 3 is 1.65 bits per heavy atom. The highest BCUT2D eigenvalue weighted by atomic mass is 16.2. The summed E-state index contributed by atoms with van der Waals surface area (Å²) in [4.78, 5) is 24.4. The molecule has 0 unspecified atom stereocenters. The molecule has 3 rings (SSSR count). The van der Waals surface area contributed by atoms with Gasteiger partial charge in [0.15, 0.2) is 0 Å². The SMILES string of the molecule is Cc1ccc(-c2ccc(N3C(=O)C=CC3=O)cc2)cc1. The quantitative estimate of drug-likeness (QED) is 0.781. The Morgan fingerprint density at radius 2 is 1.15 bits per heavy atom. The first-order valence-electron chi connectivity index (χ1n) is 6.38. The van der Waals surface area contributed by atoms with E-state index in [2.05, 4.69) is 24.3 Å². The highest BCUT2D eigenvalue weighted by Gasteiger charge is 2.24. The molecule has 0 saturated heterocycles. The Balaban J connectivity index is 1.90. The van der Waals surface area contributed by atoms with Gasteiger partial charge in [-0.3, -0.25) is 9.59 Å². The summed E-state index contributed by atoms with van der Waals surface area (Å²) >= 11 is 0. The molecule has 0 fully saturated rings. The normalized spacial score (nSPS) is 14.2. The fraction of sp³-hybridized carbons (Fsp3) is 0.0588. The molecular weight excluding hydrogens is 250 g/mol. The number of carbonyl (C=O) groups excluding carboxylic acids is 2. The lowest BCUT2D eigenvalue weighted by atomic mass is 10.0. The number of anilines is 1. The largest absolute Gasteiger partial charge is 0.269 e. The number of rotatable bonds is 2. The van der Waals surface area contributed by atoms with E-state index < -0.39 is 0 Å². The molecule has 0 spiro atoms. The maximum absolute atomic E-state index is 11.6. The van der Waals surface area contributed by atoms with Crippen LogP contribution in [0.2, 0.25) is 0 Å². The van der Waals surface area contributed by atoms with Gasteiger partial charge in [-0.2, -0.15) is 0 Å². The molecule has 0 aliphatic carbocycles. The third kappa shape index (κ3) is 2.14. The minimum atomic E-state index is -0.293. The standard InChI is InChI=1S/C17H13NO2/c1-12-2-4-13(5-3-12)14-6-8-15(9-7-14)18-16(19)10-11-17(18)20/h2-11H,1H3. The van der Waals surface area contributed by atoms with Gasteiger partial charge in [0.2, 0.25) is 0 Å². The Hall–Kier alpha value is -2.68. The summed E-state index contributed by atoms with van der Waals surface area (Å²) in [5.41, 5.74) is 3.98. The van der Waals surface area contributed by atoms with Crippen LogP contribution < -0.4 is 4.90 Å². The lowest BCUT2D eigenvalue weighted by Gasteiger charge is -2.14. The van der Waals surface area contributed by atoms with Gasteiger partial charge >= 0.3 is 0 Å². The van der Waals surface area contributed by atoms with Crippen molar-refractivity contribution in [2.75, 3.05) is 4.90 Å². The number of hydrogen-bond donors (Lipinski definition) is 0. The first-order valence-corrected chi connectivity index (χ1v) is 6.38. The zero-order valence-electron chi connectivity index (χ0n) is 11.0. The number of aryl methyl sites for hydroxylation is 1. The predicted octanol–water partition coefficient (Wildman–Crippen LogP) is 3.09. The molecule has 1 aliphatic rings. The second-order valence-electron chi connectivity index (χ2n) is 4.76. The molecular formula is C17H13NO2. The van der Waals surface area contributed by atoms with Crippen molar-refractivity contribution in [1.29, 1.82) is 0 Å². The Labute approximate surface area is 117 Å². The van der Waals surface area contributed by atoms with E-state index in [1.807, 2.05) is 19.1 Å².